The summed E-state index contributed by atoms with van der Waals surface area (Å²) in [5, 5.41) is 0. The molecule has 0 spiro atoms. The molecule has 3 aliphatic rings. The standard InChI is InChI=1S/C36H46F3N5O8S/c1-34(2,3)52-29(46)17-22-13-9-7-6-8-10-14-23-19-35(23,33(48)42-53(49,50)43(4)5)20-28(45)27-18-24(21-44(27)32(22)47)51-31-30(36(37,38)39)40-25-15-11-12-16-26(25)41-31/h10-12,14-16,22-24,27H,6-9,13,17-21H2,1-5H3,(H,42,48)/b14-10-/t22-,23+,24-,27+,35-/m1/s1. The minimum Gasteiger partial charge on any atom is -0.471 e. The minimum atomic E-state index is -4.94. The van der Waals surface area contributed by atoms with Crippen molar-refractivity contribution in [2.24, 2.45) is 17.3 Å². The van der Waals surface area contributed by atoms with Crippen molar-refractivity contribution in [2.45, 2.75) is 102 Å². The van der Waals surface area contributed by atoms with Gasteiger partial charge >= 0.3 is 22.4 Å². The highest BCUT2D eigenvalue weighted by molar-refractivity contribution is 7.87. The number of allylic oxidation sites excluding steroid dienone is 2. The van der Waals surface area contributed by atoms with E-state index in [2.05, 4.69) is 14.7 Å². The van der Waals surface area contributed by atoms with Crippen LogP contribution in [0.4, 0.5) is 13.2 Å². The molecule has 13 nitrogen and oxygen atoms in total. The molecule has 5 atom stereocenters. The molecular formula is C36H46F3N5O8S. The van der Waals surface area contributed by atoms with Gasteiger partial charge in [-0.15, -0.1) is 0 Å². The summed E-state index contributed by atoms with van der Waals surface area (Å²) in [6.45, 7) is 4.77. The molecule has 0 unspecified atom stereocenters. The molecule has 5 rings (SSSR count). The lowest BCUT2D eigenvalue weighted by Gasteiger charge is -2.29. The first-order valence-electron chi connectivity index (χ1n) is 17.7. The molecule has 290 valence electrons. The van der Waals surface area contributed by atoms with E-state index < -0.39 is 92.9 Å². The predicted molar refractivity (Wildman–Crippen MR) is 186 cm³/mol. The lowest BCUT2D eigenvalue weighted by atomic mass is 9.90. The molecule has 0 radical (unpaired) electrons. The molecule has 1 N–H and O–H groups in total. The van der Waals surface area contributed by atoms with Gasteiger partial charge in [0.15, 0.2) is 5.78 Å². The van der Waals surface area contributed by atoms with Gasteiger partial charge in [-0.3, -0.25) is 19.2 Å². The number of nitrogens with one attached hydrogen (secondary N) is 1. The van der Waals surface area contributed by atoms with Crippen molar-refractivity contribution in [1.29, 1.82) is 0 Å². The Morgan fingerprint density at radius 2 is 1.74 bits per heavy atom. The van der Waals surface area contributed by atoms with Crippen LogP contribution in [-0.4, -0.2) is 89.5 Å². The Hall–Kier alpha value is -4.12. The molecule has 17 heteroatoms. The van der Waals surface area contributed by atoms with Crippen LogP contribution in [0, 0.1) is 17.3 Å². The number of hydrogen-bond donors (Lipinski definition) is 1. The summed E-state index contributed by atoms with van der Waals surface area (Å²) >= 11 is 0. The highest BCUT2D eigenvalue weighted by atomic mass is 32.2. The number of carbonyl (C=O) groups is 4. The first kappa shape index (κ1) is 40.1. The van der Waals surface area contributed by atoms with E-state index in [1.807, 2.05) is 6.08 Å². The third kappa shape index (κ3) is 9.52. The second-order valence-corrected chi connectivity index (χ2v) is 17.1. The number of esters is 1. The van der Waals surface area contributed by atoms with Crippen LogP contribution in [0.5, 0.6) is 5.88 Å². The van der Waals surface area contributed by atoms with Crippen LogP contribution in [0.2, 0.25) is 0 Å². The van der Waals surface area contributed by atoms with Crippen LogP contribution in [0.3, 0.4) is 0 Å². The summed E-state index contributed by atoms with van der Waals surface area (Å²) in [4.78, 5) is 64.4. The Kier molecular flexibility index (Phi) is 11.6. The number of fused-ring (bicyclic) bond motifs is 3. The number of nitrogens with zero attached hydrogens (tertiary/aromatic N) is 4. The van der Waals surface area contributed by atoms with Gasteiger partial charge in [0.05, 0.1) is 35.5 Å². The topological polar surface area (TPSA) is 165 Å². The number of ether oxygens (including phenoxy) is 2. The van der Waals surface area contributed by atoms with Crippen LogP contribution in [0.15, 0.2) is 36.4 Å². The first-order valence-corrected chi connectivity index (χ1v) is 19.1. The maximum atomic E-state index is 14.4. The highest BCUT2D eigenvalue weighted by Crippen LogP contribution is 2.57. The van der Waals surface area contributed by atoms with Crippen LogP contribution >= 0.6 is 0 Å². The summed E-state index contributed by atoms with van der Waals surface area (Å²) in [6.07, 6.45) is -0.263. The van der Waals surface area contributed by atoms with Gasteiger partial charge in [-0.1, -0.05) is 37.1 Å². The summed E-state index contributed by atoms with van der Waals surface area (Å²) in [7, 11) is -1.71. The van der Waals surface area contributed by atoms with Crippen molar-refractivity contribution in [3.8, 4) is 5.88 Å². The van der Waals surface area contributed by atoms with Crippen molar-refractivity contribution in [2.75, 3.05) is 20.6 Å². The van der Waals surface area contributed by atoms with Gasteiger partial charge in [0, 0.05) is 32.9 Å². The Bertz CT molecular complexity index is 1880. The number of alkyl halides is 3. The van der Waals surface area contributed by atoms with E-state index in [1.165, 1.54) is 37.2 Å². The number of halogens is 3. The summed E-state index contributed by atoms with van der Waals surface area (Å²) < 4.78 is 82.2. The van der Waals surface area contributed by atoms with E-state index in [1.54, 1.807) is 32.9 Å². The van der Waals surface area contributed by atoms with Gasteiger partial charge in [0.2, 0.25) is 23.4 Å². The lowest BCUT2D eigenvalue weighted by molar-refractivity contribution is -0.159. The van der Waals surface area contributed by atoms with E-state index in [9.17, 15) is 40.8 Å². The molecule has 1 aromatic heterocycles. The average molecular weight is 766 g/mol. The Morgan fingerprint density at radius 3 is 2.38 bits per heavy atom. The highest BCUT2D eigenvalue weighted by Gasteiger charge is 2.61. The summed E-state index contributed by atoms with van der Waals surface area (Å²) in [5.74, 6) is -4.85. The molecule has 2 fully saturated rings. The van der Waals surface area contributed by atoms with E-state index in [0.717, 1.165) is 10.7 Å². The fourth-order valence-corrected chi connectivity index (χ4v) is 7.55. The normalized spacial score (nSPS) is 26.6. The smallest absolute Gasteiger partial charge is 0.438 e. The fraction of sp³-hybridized carbons (Fsp3) is 0.611. The quantitative estimate of drug-likeness (QED) is 0.307. The Balaban J connectivity index is 1.51. The third-order valence-corrected chi connectivity index (χ3v) is 11.2. The van der Waals surface area contributed by atoms with E-state index in [0.29, 0.717) is 19.3 Å². The van der Waals surface area contributed by atoms with Crippen LogP contribution in [0.1, 0.15) is 84.3 Å². The molecule has 2 aliphatic heterocycles. The molecule has 2 aromatic rings. The summed E-state index contributed by atoms with van der Waals surface area (Å²) in [5.41, 5.74) is -3.50. The molecule has 1 saturated heterocycles. The largest absolute Gasteiger partial charge is 0.471 e. The zero-order valence-corrected chi connectivity index (χ0v) is 31.3. The van der Waals surface area contributed by atoms with Gasteiger partial charge in [0.1, 0.15) is 11.7 Å². The molecule has 1 saturated carbocycles. The number of Topliss-reactive ketones (excluding diaryl/α,β-unsaturated/α-hetero) is 1. The monoisotopic (exact) mass is 765 g/mol. The molecular weight excluding hydrogens is 719 g/mol. The van der Waals surface area contributed by atoms with Gasteiger partial charge in [-0.2, -0.15) is 25.9 Å². The number of para-hydroxylation sites is 2. The molecule has 1 aliphatic carbocycles. The number of aromatic nitrogens is 2. The molecule has 3 heterocycles. The van der Waals surface area contributed by atoms with Crippen molar-refractivity contribution < 1.29 is 50.2 Å². The van der Waals surface area contributed by atoms with E-state index >= 15 is 0 Å². The van der Waals surface area contributed by atoms with Gasteiger partial charge in [-0.05, 0) is 64.5 Å². The first-order chi connectivity index (χ1) is 24.7. The number of ketones is 1. The van der Waals surface area contributed by atoms with Gasteiger partial charge < -0.3 is 14.4 Å². The van der Waals surface area contributed by atoms with Crippen molar-refractivity contribution in [3.05, 3.63) is 42.1 Å². The maximum absolute atomic E-state index is 14.4. The number of amides is 2. The van der Waals surface area contributed by atoms with Crippen molar-refractivity contribution in [3.63, 3.8) is 0 Å². The predicted octanol–water partition coefficient (Wildman–Crippen LogP) is 4.75. The van der Waals surface area contributed by atoms with Crippen LogP contribution in [-0.2, 0) is 40.3 Å². The Morgan fingerprint density at radius 1 is 1.06 bits per heavy atom. The van der Waals surface area contributed by atoms with Crippen molar-refractivity contribution >= 4 is 44.8 Å². The summed E-state index contributed by atoms with van der Waals surface area (Å²) in [6, 6.07) is 4.70. The van der Waals surface area contributed by atoms with Crippen molar-refractivity contribution in [1.82, 2.24) is 23.9 Å². The molecule has 0 bridgehead atoms. The number of hydrogen-bond acceptors (Lipinski definition) is 10. The molecule has 53 heavy (non-hydrogen) atoms. The van der Waals surface area contributed by atoms with E-state index in [4.69, 9.17) is 9.47 Å². The van der Waals surface area contributed by atoms with Crippen LogP contribution in [0.25, 0.3) is 11.0 Å². The molecule has 2 amide bonds. The second kappa shape index (κ2) is 15.3. The maximum Gasteiger partial charge on any atom is 0.438 e. The number of rotatable bonds is 7. The minimum absolute atomic E-state index is 0.00510. The second-order valence-electron chi connectivity index (χ2n) is 15.2. The zero-order chi connectivity index (χ0) is 38.9. The number of carbonyl (C=O) groups excluding carboxylic acids is 4. The van der Waals surface area contributed by atoms with Gasteiger partial charge in [-0.25, -0.2) is 14.7 Å². The molecule has 1 aromatic carbocycles. The van der Waals surface area contributed by atoms with Crippen LogP contribution < -0.4 is 9.46 Å². The fourth-order valence-electron chi connectivity index (χ4n) is 6.93. The lowest BCUT2D eigenvalue weighted by Crippen LogP contribution is -2.47. The average Bonchev–Trinajstić information content (AvgIpc) is 3.58. The van der Waals surface area contributed by atoms with E-state index in [-0.39, 0.29) is 43.3 Å². The zero-order valence-electron chi connectivity index (χ0n) is 30.4. The SMILES string of the molecule is CN(C)S(=O)(=O)NC(=O)[C@]12CC(=O)[C@@H]3C[C@@H](Oc4nc5ccccc5nc4C(F)(F)F)CN3C(=O)[C@@H](CC(=O)OC(C)(C)C)CCCCC/C=C\[C@H]1C2. The number of benzene rings is 1. The third-order valence-electron chi connectivity index (χ3n) is 9.76. The van der Waals surface area contributed by atoms with Gasteiger partial charge in [0.25, 0.3) is 0 Å². The Labute approximate surface area is 306 Å².